The topological polar surface area (TPSA) is 25.5 Å². The van der Waals surface area contributed by atoms with Gasteiger partial charge >= 0.3 is 0 Å². The molecule has 0 aliphatic rings. The van der Waals surface area contributed by atoms with E-state index in [9.17, 15) is 0 Å². The van der Waals surface area contributed by atoms with Crippen molar-refractivity contribution in [3.05, 3.63) is 60.8 Å². The minimum absolute atomic E-state index is 0.936. The van der Waals surface area contributed by atoms with Gasteiger partial charge in [0.2, 0.25) is 5.78 Å². The van der Waals surface area contributed by atoms with Gasteiger partial charge in [0.05, 0.1) is 16.7 Å². The molecule has 0 fully saturated rings. The average molecular weight is 332 g/mol. The van der Waals surface area contributed by atoms with Crippen molar-refractivity contribution in [3.8, 4) is 11.3 Å². The van der Waals surface area contributed by atoms with Crippen LogP contribution in [0.1, 0.15) is 13.8 Å². The van der Waals surface area contributed by atoms with E-state index in [-0.39, 0.29) is 0 Å². The number of imidazole rings is 2. The number of rotatable bonds is 6. The standard InChI is InChI=1S/C21H24N4/c1-3-23(4-2)14-15-24-20(17-10-6-5-7-11-17)16-25-19-13-9-8-12-18(19)22-21(24)25/h5-13,16H,3-4,14-15H2,1-2H3. The lowest BCUT2D eigenvalue weighted by Gasteiger charge is -2.19. The van der Waals surface area contributed by atoms with Crippen molar-refractivity contribution in [1.29, 1.82) is 0 Å². The number of hydrogen-bond donors (Lipinski definition) is 0. The Hall–Kier alpha value is -2.59. The number of fused-ring (bicyclic) bond motifs is 3. The van der Waals surface area contributed by atoms with E-state index in [0.717, 1.165) is 43.0 Å². The lowest BCUT2D eigenvalue weighted by Crippen LogP contribution is -2.27. The molecule has 2 aromatic carbocycles. The first kappa shape index (κ1) is 15.9. The van der Waals surface area contributed by atoms with E-state index >= 15 is 0 Å². The summed E-state index contributed by atoms with van der Waals surface area (Å²) in [6, 6.07) is 18.9. The average Bonchev–Trinajstić information content (AvgIpc) is 3.20. The van der Waals surface area contributed by atoms with Gasteiger partial charge in [-0.05, 0) is 30.8 Å². The maximum Gasteiger partial charge on any atom is 0.215 e. The zero-order valence-electron chi connectivity index (χ0n) is 14.9. The van der Waals surface area contributed by atoms with Crippen LogP contribution in [-0.2, 0) is 6.54 Å². The summed E-state index contributed by atoms with van der Waals surface area (Å²) in [6.07, 6.45) is 2.22. The van der Waals surface area contributed by atoms with Gasteiger partial charge in [-0.2, -0.15) is 0 Å². The predicted octanol–water partition coefficient (Wildman–Crippen LogP) is 4.30. The molecule has 0 atom stereocenters. The molecule has 0 aliphatic carbocycles. The molecule has 2 aromatic heterocycles. The van der Waals surface area contributed by atoms with Crippen LogP contribution in [0.4, 0.5) is 0 Å². The summed E-state index contributed by atoms with van der Waals surface area (Å²) < 4.78 is 4.58. The van der Waals surface area contributed by atoms with Crippen LogP contribution in [0.25, 0.3) is 28.1 Å². The molecule has 0 saturated carbocycles. The maximum atomic E-state index is 4.90. The van der Waals surface area contributed by atoms with E-state index in [1.807, 2.05) is 6.07 Å². The molecule has 0 saturated heterocycles. The second-order valence-electron chi connectivity index (χ2n) is 6.33. The molecule has 0 amide bonds. The fourth-order valence-electron chi connectivity index (χ4n) is 3.49. The summed E-state index contributed by atoms with van der Waals surface area (Å²) in [5.74, 6) is 1.02. The Morgan fingerprint density at radius 3 is 2.40 bits per heavy atom. The molecule has 0 N–H and O–H groups in total. The highest BCUT2D eigenvalue weighted by atomic mass is 15.2. The molecule has 128 valence electrons. The third-order valence-corrected chi connectivity index (χ3v) is 4.96. The lowest BCUT2D eigenvalue weighted by molar-refractivity contribution is 0.292. The maximum absolute atomic E-state index is 4.90. The molecule has 4 heteroatoms. The zero-order chi connectivity index (χ0) is 17.2. The quantitative estimate of drug-likeness (QED) is 0.526. The van der Waals surface area contributed by atoms with Crippen LogP contribution < -0.4 is 0 Å². The van der Waals surface area contributed by atoms with Gasteiger partial charge in [-0.25, -0.2) is 4.98 Å². The zero-order valence-corrected chi connectivity index (χ0v) is 14.9. The third kappa shape index (κ3) is 2.83. The van der Waals surface area contributed by atoms with Gasteiger partial charge in [0.25, 0.3) is 0 Å². The number of para-hydroxylation sites is 2. The van der Waals surface area contributed by atoms with Crippen LogP contribution in [-0.4, -0.2) is 38.5 Å². The van der Waals surface area contributed by atoms with Crippen molar-refractivity contribution in [1.82, 2.24) is 18.9 Å². The van der Waals surface area contributed by atoms with E-state index in [2.05, 4.69) is 82.4 Å². The Bertz CT molecular complexity index is 977. The molecular formula is C21H24N4. The lowest BCUT2D eigenvalue weighted by atomic mass is 10.2. The summed E-state index contributed by atoms with van der Waals surface area (Å²) >= 11 is 0. The second kappa shape index (κ2) is 6.73. The Labute approximate surface area is 148 Å². The molecule has 0 radical (unpaired) electrons. The first-order valence-electron chi connectivity index (χ1n) is 9.06. The highest BCUT2D eigenvalue weighted by molar-refractivity contribution is 5.81. The van der Waals surface area contributed by atoms with Gasteiger partial charge in [0.15, 0.2) is 0 Å². The highest BCUT2D eigenvalue weighted by Gasteiger charge is 2.15. The number of hydrogen-bond acceptors (Lipinski definition) is 2. The monoisotopic (exact) mass is 332 g/mol. The van der Waals surface area contributed by atoms with E-state index in [4.69, 9.17) is 4.98 Å². The van der Waals surface area contributed by atoms with Gasteiger partial charge < -0.3 is 9.47 Å². The summed E-state index contributed by atoms with van der Waals surface area (Å²) in [6.45, 7) is 8.55. The number of likely N-dealkylation sites (N-methyl/N-ethyl adjacent to an activating group) is 1. The van der Waals surface area contributed by atoms with E-state index < -0.39 is 0 Å². The van der Waals surface area contributed by atoms with Gasteiger partial charge in [-0.1, -0.05) is 56.3 Å². The van der Waals surface area contributed by atoms with E-state index in [1.54, 1.807) is 0 Å². The van der Waals surface area contributed by atoms with E-state index in [1.165, 1.54) is 11.3 Å². The number of benzene rings is 2. The van der Waals surface area contributed by atoms with Gasteiger partial charge in [0.1, 0.15) is 0 Å². The molecule has 2 heterocycles. The Kier molecular flexibility index (Phi) is 4.28. The first-order chi connectivity index (χ1) is 12.3. The molecule has 4 aromatic rings. The Balaban J connectivity index is 1.86. The summed E-state index contributed by atoms with van der Waals surface area (Å²) in [5.41, 5.74) is 4.67. The predicted molar refractivity (Wildman–Crippen MR) is 104 cm³/mol. The third-order valence-electron chi connectivity index (χ3n) is 4.96. The molecule has 4 nitrogen and oxygen atoms in total. The fraction of sp³-hybridized carbons (Fsp3) is 0.286. The van der Waals surface area contributed by atoms with E-state index in [0.29, 0.717) is 0 Å². The summed E-state index contributed by atoms with van der Waals surface area (Å²) in [5, 5.41) is 0. The van der Waals surface area contributed by atoms with Crippen molar-refractivity contribution in [2.24, 2.45) is 0 Å². The minimum atomic E-state index is 0.936. The molecule has 4 rings (SSSR count). The minimum Gasteiger partial charge on any atom is -0.308 e. The first-order valence-corrected chi connectivity index (χ1v) is 9.06. The molecular weight excluding hydrogens is 308 g/mol. The van der Waals surface area contributed by atoms with Gasteiger partial charge in [0, 0.05) is 19.3 Å². The largest absolute Gasteiger partial charge is 0.308 e. The number of aromatic nitrogens is 3. The normalized spacial score (nSPS) is 11.8. The van der Waals surface area contributed by atoms with Crippen LogP contribution >= 0.6 is 0 Å². The molecule has 0 aliphatic heterocycles. The van der Waals surface area contributed by atoms with Crippen molar-refractivity contribution >= 4 is 16.8 Å². The van der Waals surface area contributed by atoms with Crippen LogP contribution in [0, 0.1) is 0 Å². The fourth-order valence-corrected chi connectivity index (χ4v) is 3.49. The van der Waals surface area contributed by atoms with Gasteiger partial charge in [-0.3, -0.25) is 4.40 Å². The Morgan fingerprint density at radius 1 is 0.920 bits per heavy atom. The molecule has 0 bridgehead atoms. The van der Waals surface area contributed by atoms with Crippen LogP contribution in [0.15, 0.2) is 60.8 Å². The van der Waals surface area contributed by atoms with Crippen LogP contribution in [0.5, 0.6) is 0 Å². The molecule has 0 unspecified atom stereocenters. The Morgan fingerprint density at radius 2 is 1.64 bits per heavy atom. The summed E-state index contributed by atoms with van der Waals surface area (Å²) in [4.78, 5) is 7.35. The molecule has 0 spiro atoms. The number of nitrogens with zero attached hydrogens (tertiary/aromatic N) is 4. The van der Waals surface area contributed by atoms with Crippen molar-refractivity contribution in [2.45, 2.75) is 20.4 Å². The smallest absolute Gasteiger partial charge is 0.215 e. The summed E-state index contributed by atoms with van der Waals surface area (Å²) in [7, 11) is 0. The van der Waals surface area contributed by atoms with Gasteiger partial charge in [-0.15, -0.1) is 0 Å². The highest BCUT2D eigenvalue weighted by Crippen LogP contribution is 2.26. The van der Waals surface area contributed by atoms with Crippen molar-refractivity contribution < 1.29 is 0 Å². The van der Waals surface area contributed by atoms with Crippen LogP contribution in [0.2, 0.25) is 0 Å². The van der Waals surface area contributed by atoms with Crippen LogP contribution in [0.3, 0.4) is 0 Å². The SMILES string of the molecule is CCN(CC)CCn1c(-c2ccccc2)cn2c3ccccc3nc12. The van der Waals surface area contributed by atoms with Crippen molar-refractivity contribution in [2.75, 3.05) is 19.6 Å². The van der Waals surface area contributed by atoms with Crippen molar-refractivity contribution in [3.63, 3.8) is 0 Å². The second-order valence-corrected chi connectivity index (χ2v) is 6.33. The molecule has 25 heavy (non-hydrogen) atoms.